The maximum absolute atomic E-state index is 13.3. The SMILES string of the molecule is CC(C)c1nnc(NC(=O)Nc2ccccc2F)s1. The van der Waals surface area contributed by atoms with Gasteiger partial charge in [0.15, 0.2) is 0 Å². The van der Waals surface area contributed by atoms with Gasteiger partial charge in [-0.3, -0.25) is 5.32 Å². The number of hydrogen-bond donors (Lipinski definition) is 2. The predicted octanol–water partition coefficient (Wildman–Crippen LogP) is 3.44. The Morgan fingerprint density at radius 3 is 2.63 bits per heavy atom. The van der Waals surface area contributed by atoms with Crippen LogP contribution in [-0.2, 0) is 0 Å². The summed E-state index contributed by atoms with van der Waals surface area (Å²) in [7, 11) is 0. The van der Waals surface area contributed by atoms with E-state index in [0.717, 1.165) is 5.01 Å². The number of benzene rings is 1. The van der Waals surface area contributed by atoms with E-state index in [1.807, 2.05) is 13.8 Å². The summed E-state index contributed by atoms with van der Waals surface area (Å²) in [5, 5.41) is 13.9. The van der Waals surface area contributed by atoms with Gasteiger partial charge in [-0.15, -0.1) is 10.2 Å². The Bertz CT molecular complexity index is 585. The molecule has 0 atom stereocenters. The first kappa shape index (κ1) is 13.4. The van der Waals surface area contributed by atoms with E-state index in [0.29, 0.717) is 5.13 Å². The summed E-state index contributed by atoms with van der Waals surface area (Å²) in [5.74, 6) is -0.236. The molecule has 1 heterocycles. The minimum atomic E-state index is -0.545. The minimum Gasteiger partial charge on any atom is -0.305 e. The quantitative estimate of drug-likeness (QED) is 0.905. The molecule has 0 aliphatic carbocycles. The Hall–Kier alpha value is -2.02. The molecule has 0 spiro atoms. The van der Waals surface area contributed by atoms with Crippen molar-refractivity contribution in [2.24, 2.45) is 0 Å². The lowest BCUT2D eigenvalue weighted by Gasteiger charge is -2.05. The first-order valence-corrected chi connectivity index (χ1v) is 6.54. The number of halogens is 1. The molecule has 2 N–H and O–H groups in total. The zero-order valence-electron chi connectivity index (χ0n) is 10.5. The lowest BCUT2D eigenvalue weighted by molar-refractivity contribution is 0.262. The first-order chi connectivity index (χ1) is 9.06. The molecule has 1 aromatic carbocycles. The molecule has 0 saturated heterocycles. The molecular weight excluding hydrogens is 267 g/mol. The van der Waals surface area contributed by atoms with Crippen LogP contribution in [0.15, 0.2) is 24.3 Å². The fourth-order valence-electron chi connectivity index (χ4n) is 1.33. The van der Waals surface area contributed by atoms with Gasteiger partial charge in [-0.25, -0.2) is 9.18 Å². The predicted molar refractivity (Wildman–Crippen MR) is 73.0 cm³/mol. The Labute approximate surface area is 113 Å². The summed E-state index contributed by atoms with van der Waals surface area (Å²) in [4.78, 5) is 11.7. The Morgan fingerprint density at radius 2 is 2.00 bits per heavy atom. The van der Waals surface area contributed by atoms with E-state index in [4.69, 9.17) is 0 Å². The van der Waals surface area contributed by atoms with Crippen LogP contribution in [0.2, 0.25) is 0 Å². The molecule has 100 valence electrons. The van der Waals surface area contributed by atoms with Gasteiger partial charge in [0.05, 0.1) is 5.69 Å². The third kappa shape index (κ3) is 3.47. The zero-order valence-corrected chi connectivity index (χ0v) is 11.3. The van der Waals surface area contributed by atoms with Gasteiger partial charge in [-0.1, -0.05) is 37.3 Å². The normalized spacial score (nSPS) is 10.5. The number of carbonyl (C=O) groups is 1. The minimum absolute atomic E-state index is 0.119. The van der Waals surface area contributed by atoms with Crippen LogP contribution in [0.5, 0.6) is 0 Å². The van der Waals surface area contributed by atoms with Gasteiger partial charge in [0.25, 0.3) is 0 Å². The fourth-order valence-corrected chi connectivity index (χ4v) is 2.07. The topological polar surface area (TPSA) is 66.9 Å². The molecule has 2 amide bonds. The molecule has 5 nitrogen and oxygen atoms in total. The second-order valence-corrected chi connectivity index (χ2v) is 5.17. The van der Waals surface area contributed by atoms with Crippen LogP contribution in [0.3, 0.4) is 0 Å². The maximum atomic E-state index is 13.3. The Kier molecular flexibility index (Phi) is 4.06. The number of urea groups is 1. The molecule has 2 aromatic rings. The molecule has 0 radical (unpaired) electrons. The maximum Gasteiger partial charge on any atom is 0.325 e. The number of hydrogen-bond acceptors (Lipinski definition) is 4. The summed E-state index contributed by atoms with van der Waals surface area (Å²) in [6.07, 6.45) is 0. The van der Waals surface area contributed by atoms with Gasteiger partial charge in [0.2, 0.25) is 5.13 Å². The van der Waals surface area contributed by atoms with Crippen LogP contribution < -0.4 is 10.6 Å². The van der Waals surface area contributed by atoms with Crippen molar-refractivity contribution in [1.82, 2.24) is 10.2 Å². The van der Waals surface area contributed by atoms with Crippen LogP contribution in [0.25, 0.3) is 0 Å². The largest absolute Gasteiger partial charge is 0.325 e. The van der Waals surface area contributed by atoms with Crippen LogP contribution in [0.4, 0.5) is 20.0 Å². The van der Waals surface area contributed by atoms with Crippen LogP contribution in [0, 0.1) is 5.82 Å². The highest BCUT2D eigenvalue weighted by atomic mass is 32.1. The molecule has 7 heteroatoms. The lowest BCUT2D eigenvalue weighted by Crippen LogP contribution is -2.19. The number of amides is 2. The summed E-state index contributed by atoms with van der Waals surface area (Å²) >= 11 is 1.30. The Balaban J connectivity index is 1.99. The fraction of sp³-hybridized carbons (Fsp3) is 0.250. The van der Waals surface area contributed by atoms with Gasteiger partial charge in [0, 0.05) is 5.92 Å². The molecule has 2 rings (SSSR count). The van der Waals surface area contributed by atoms with E-state index >= 15 is 0 Å². The molecule has 0 saturated carbocycles. The highest BCUT2D eigenvalue weighted by molar-refractivity contribution is 7.15. The van der Waals surface area contributed by atoms with E-state index in [2.05, 4.69) is 20.8 Å². The van der Waals surface area contributed by atoms with Gasteiger partial charge < -0.3 is 5.32 Å². The third-order valence-electron chi connectivity index (χ3n) is 2.28. The molecule has 19 heavy (non-hydrogen) atoms. The standard InChI is InChI=1S/C12H13FN4OS/c1-7(2)10-16-17-12(19-10)15-11(18)14-9-6-4-3-5-8(9)13/h3-7H,1-2H3,(H2,14,15,17,18). The van der Waals surface area contributed by atoms with Gasteiger partial charge in [-0.2, -0.15) is 0 Å². The lowest BCUT2D eigenvalue weighted by atomic mass is 10.2. The van der Waals surface area contributed by atoms with Crippen molar-refractivity contribution < 1.29 is 9.18 Å². The molecule has 0 aliphatic heterocycles. The van der Waals surface area contributed by atoms with Crippen LogP contribution in [-0.4, -0.2) is 16.2 Å². The van der Waals surface area contributed by atoms with Gasteiger partial charge >= 0.3 is 6.03 Å². The van der Waals surface area contributed by atoms with E-state index in [-0.39, 0.29) is 11.6 Å². The Morgan fingerprint density at radius 1 is 1.26 bits per heavy atom. The third-order valence-corrected chi connectivity index (χ3v) is 3.42. The van der Waals surface area contributed by atoms with Crippen molar-refractivity contribution in [3.05, 3.63) is 35.1 Å². The second-order valence-electron chi connectivity index (χ2n) is 4.16. The smallest absolute Gasteiger partial charge is 0.305 e. The van der Waals surface area contributed by atoms with E-state index in [1.54, 1.807) is 12.1 Å². The van der Waals surface area contributed by atoms with Crippen molar-refractivity contribution in [2.45, 2.75) is 19.8 Å². The van der Waals surface area contributed by atoms with Gasteiger partial charge in [0.1, 0.15) is 10.8 Å². The number of nitrogens with zero attached hydrogens (tertiary/aromatic N) is 2. The molecule has 0 unspecified atom stereocenters. The molecule has 0 bridgehead atoms. The van der Waals surface area contributed by atoms with E-state index in [1.165, 1.54) is 23.5 Å². The summed E-state index contributed by atoms with van der Waals surface area (Å²) in [5.41, 5.74) is 0.119. The second kappa shape index (κ2) is 5.75. The number of nitrogens with one attached hydrogen (secondary N) is 2. The van der Waals surface area contributed by atoms with E-state index < -0.39 is 11.8 Å². The number of carbonyl (C=O) groups excluding carboxylic acids is 1. The monoisotopic (exact) mass is 280 g/mol. The van der Waals surface area contributed by atoms with Crippen molar-refractivity contribution >= 4 is 28.2 Å². The van der Waals surface area contributed by atoms with E-state index in [9.17, 15) is 9.18 Å². The molecule has 0 aliphatic rings. The average molecular weight is 280 g/mol. The number of aromatic nitrogens is 2. The van der Waals surface area contributed by atoms with Crippen LogP contribution >= 0.6 is 11.3 Å². The number of anilines is 2. The van der Waals surface area contributed by atoms with Crippen LogP contribution in [0.1, 0.15) is 24.8 Å². The molecular formula is C12H13FN4OS. The highest BCUT2D eigenvalue weighted by Crippen LogP contribution is 2.22. The summed E-state index contributed by atoms with van der Waals surface area (Å²) in [6.45, 7) is 3.98. The molecule has 0 fully saturated rings. The zero-order chi connectivity index (χ0) is 13.8. The first-order valence-electron chi connectivity index (χ1n) is 5.72. The highest BCUT2D eigenvalue weighted by Gasteiger charge is 2.11. The number of para-hydroxylation sites is 1. The molecule has 1 aromatic heterocycles. The summed E-state index contributed by atoms with van der Waals surface area (Å²) in [6, 6.07) is 5.40. The van der Waals surface area contributed by atoms with Crippen molar-refractivity contribution in [2.75, 3.05) is 10.6 Å². The summed E-state index contributed by atoms with van der Waals surface area (Å²) < 4.78 is 13.3. The van der Waals surface area contributed by atoms with Gasteiger partial charge in [-0.05, 0) is 12.1 Å². The van der Waals surface area contributed by atoms with Crippen molar-refractivity contribution in [3.63, 3.8) is 0 Å². The van der Waals surface area contributed by atoms with Crippen molar-refractivity contribution in [1.29, 1.82) is 0 Å². The average Bonchev–Trinajstić information content (AvgIpc) is 2.80. The van der Waals surface area contributed by atoms with Crippen molar-refractivity contribution in [3.8, 4) is 0 Å². The number of rotatable bonds is 3.